The molecular formula is C27H24N4O2S. The van der Waals surface area contributed by atoms with Gasteiger partial charge in [0.15, 0.2) is 11.9 Å². The Bertz CT molecular complexity index is 1310. The first-order valence-electron chi connectivity index (χ1n) is 11.0. The van der Waals surface area contributed by atoms with E-state index in [-0.39, 0.29) is 0 Å². The van der Waals surface area contributed by atoms with Crippen molar-refractivity contribution in [3.63, 3.8) is 0 Å². The maximum absolute atomic E-state index is 6.26. The zero-order valence-electron chi connectivity index (χ0n) is 18.9. The van der Waals surface area contributed by atoms with Gasteiger partial charge in [0.2, 0.25) is 11.0 Å². The molecular weight excluding hydrogens is 444 g/mol. The number of nitrogens with one attached hydrogen (secondary N) is 1. The summed E-state index contributed by atoms with van der Waals surface area (Å²) in [7, 11) is 1.66. The number of hydrogen-bond acceptors (Lipinski definition) is 7. The van der Waals surface area contributed by atoms with Gasteiger partial charge in [0.05, 0.1) is 7.11 Å². The van der Waals surface area contributed by atoms with E-state index in [1.807, 2.05) is 60.7 Å². The molecule has 1 N–H and O–H groups in total. The quantitative estimate of drug-likeness (QED) is 0.349. The van der Waals surface area contributed by atoms with Gasteiger partial charge in [0.1, 0.15) is 5.75 Å². The average molecular weight is 469 g/mol. The van der Waals surface area contributed by atoms with E-state index in [4.69, 9.17) is 14.5 Å². The number of fused-ring (bicyclic) bond motifs is 3. The zero-order chi connectivity index (χ0) is 23.3. The number of nitrogens with zero attached hydrogens (tertiary/aromatic N) is 3. The summed E-state index contributed by atoms with van der Waals surface area (Å²) in [5.41, 5.74) is 5.95. The summed E-state index contributed by atoms with van der Waals surface area (Å²) in [5.74, 6) is 2.04. The second-order valence-electron chi connectivity index (χ2n) is 7.88. The van der Waals surface area contributed by atoms with E-state index in [1.54, 1.807) is 18.9 Å². The molecule has 34 heavy (non-hydrogen) atoms. The normalized spacial score (nSPS) is 14.5. The van der Waals surface area contributed by atoms with Gasteiger partial charge in [-0.05, 0) is 42.3 Å². The van der Waals surface area contributed by atoms with Crippen LogP contribution in [0.25, 0.3) is 17.3 Å². The van der Waals surface area contributed by atoms with Crippen LogP contribution >= 0.6 is 11.8 Å². The molecule has 1 atom stereocenters. The topological polar surface area (TPSA) is 69.2 Å². The van der Waals surface area contributed by atoms with Crippen LogP contribution in [-0.2, 0) is 5.75 Å². The van der Waals surface area contributed by atoms with Crippen molar-refractivity contribution >= 4 is 23.5 Å². The molecule has 0 amide bonds. The molecule has 1 aliphatic heterocycles. The van der Waals surface area contributed by atoms with Crippen LogP contribution in [0.3, 0.4) is 0 Å². The van der Waals surface area contributed by atoms with Crippen LogP contribution in [-0.4, -0.2) is 28.5 Å². The van der Waals surface area contributed by atoms with Crippen LogP contribution < -0.4 is 14.8 Å². The first kappa shape index (κ1) is 22.0. The fraction of sp³-hybridized carbons (Fsp3) is 0.148. The maximum Gasteiger partial charge on any atom is 0.247 e. The Hall–Kier alpha value is -3.84. The molecule has 0 spiro atoms. The number of thioether (sulfide) groups is 1. The highest BCUT2D eigenvalue weighted by Crippen LogP contribution is 2.36. The van der Waals surface area contributed by atoms with E-state index in [1.165, 1.54) is 11.1 Å². The lowest BCUT2D eigenvalue weighted by Gasteiger charge is -2.15. The molecule has 0 radical (unpaired) electrons. The Morgan fingerprint density at radius 3 is 2.59 bits per heavy atom. The van der Waals surface area contributed by atoms with Gasteiger partial charge < -0.3 is 14.8 Å². The minimum atomic E-state index is -0.420. The number of methoxy groups -OCH3 is 1. The van der Waals surface area contributed by atoms with Gasteiger partial charge in [0.25, 0.3) is 0 Å². The monoisotopic (exact) mass is 468 g/mol. The maximum atomic E-state index is 6.26. The molecule has 3 aromatic carbocycles. The summed E-state index contributed by atoms with van der Waals surface area (Å²) in [5, 5.41) is 12.9. The van der Waals surface area contributed by atoms with Gasteiger partial charge in [-0.2, -0.15) is 4.98 Å². The minimum absolute atomic E-state index is 0.420. The SMILES string of the molecule is COc1ccc(/C=C/C2Nc3ccccc3-c3nnc(SCc4ccc(C)cc4)nc3O2)cc1. The molecule has 0 aliphatic carbocycles. The molecule has 2 heterocycles. The highest BCUT2D eigenvalue weighted by molar-refractivity contribution is 7.98. The van der Waals surface area contributed by atoms with E-state index in [9.17, 15) is 0 Å². The molecule has 7 heteroatoms. The zero-order valence-corrected chi connectivity index (χ0v) is 19.8. The first-order chi connectivity index (χ1) is 16.7. The first-order valence-corrected chi connectivity index (χ1v) is 11.9. The van der Waals surface area contributed by atoms with E-state index < -0.39 is 6.23 Å². The van der Waals surface area contributed by atoms with Crippen LogP contribution in [0.5, 0.6) is 11.6 Å². The molecule has 1 aromatic heterocycles. The minimum Gasteiger partial charge on any atom is -0.497 e. The summed E-state index contributed by atoms with van der Waals surface area (Å²) < 4.78 is 11.5. The smallest absolute Gasteiger partial charge is 0.247 e. The largest absolute Gasteiger partial charge is 0.497 e. The molecule has 0 saturated carbocycles. The lowest BCUT2D eigenvalue weighted by molar-refractivity contribution is 0.266. The van der Waals surface area contributed by atoms with E-state index in [0.717, 1.165) is 28.3 Å². The van der Waals surface area contributed by atoms with Gasteiger partial charge in [-0.25, -0.2) is 0 Å². The predicted octanol–water partition coefficient (Wildman–Crippen LogP) is 5.99. The van der Waals surface area contributed by atoms with Gasteiger partial charge in [0, 0.05) is 17.0 Å². The molecule has 1 unspecified atom stereocenters. The molecule has 6 nitrogen and oxygen atoms in total. The molecule has 0 bridgehead atoms. The molecule has 0 saturated heterocycles. The summed E-state index contributed by atoms with van der Waals surface area (Å²) in [6.07, 6.45) is 3.55. The van der Waals surface area contributed by atoms with Gasteiger partial charge in [-0.1, -0.05) is 78.0 Å². The highest BCUT2D eigenvalue weighted by Gasteiger charge is 2.23. The molecule has 5 rings (SSSR count). The van der Waals surface area contributed by atoms with Crippen LogP contribution in [0.2, 0.25) is 0 Å². The third-order valence-electron chi connectivity index (χ3n) is 5.42. The third-order valence-corrected chi connectivity index (χ3v) is 6.33. The Morgan fingerprint density at radius 1 is 1.00 bits per heavy atom. The van der Waals surface area contributed by atoms with Crippen LogP contribution in [0.4, 0.5) is 5.69 Å². The predicted molar refractivity (Wildman–Crippen MR) is 136 cm³/mol. The molecule has 0 fully saturated rings. The number of aromatic nitrogens is 3. The summed E-state index contributed by atoms with van der Waals surface area (Å²) in [6, 6.07) is 24.3. The van der Waals surface area contributed by atoms with Crippen LogP contribution in [0, 0.1) is 6.92 Å². The van der Waals surface area contributed by atoms with Crippen molar-refractivity contribution in [3.8, 4) is 22.9 Å². The second kappa shape index (κ2) is 9.97. The number of aryl methyl sites for hydroxylation is 1. The molecule has 170 valence electrons. The summed E-state index contributed by atoms with van der Waals surface area (Å²) in [6.45, 7) is 2.08. The van der Waals surface area contributed by atoms with Crippen molar-refractivity contribution in [1.29, 1.82) is 0 Å². The van der Waals surface area contributed by atoms with Crippen LogP contribution in [0.1, 0.15) is 16.7 Å². The number of hydrogen-bond donors (Lipinski definition) is 1. The van der Waals surface area contributed by atoms with Gasteiger partial charge >= 0.3 is 0 Å². The van der Waals surface area contributed by atoms with Crippen molar-refractivity contribution < 1.29 is 9.47 Å². The Kier molecular flexibility index (Phi) is 6.44. The number of rotatable bonds is 6. The van der Waals surface area contributed by atoms with Crippen molar-refractivity contribution in [2.24, 2.45) is 0 Å². The standard InChI is InChI=1S/C27H24N4O2S/c1-18-7-9-20(10-8-18)17-34-27-29-26-25(30-31-27)22-5-3-4-6-23(22)28-24(33-26)16-13-19-11-14-21(32-2)15-12-19/h3-16,24,28H,17H2,1-2H3/b16-13+. The number of anilines is 1. The van der Waals surface area contributed by atoms with Crippen LogP contribution in [0.15, 0.2) is 84.0 Å². The van der Waals surface area contributed by atoms with E-state index in [2.05, 4.69) is 46.7 Å². The lowest BCUT2D eigenvalue weighted by Crippen LogP contribution is -2.23. The van der Waals surface area contributed by atoms with E-state index in [0.29, 0.717) is 16.7 Å². The van der Waals surface area contributed by atoms with Crippen molar-refractivity contribution in [3.05, 3.63) is 95.6 Å². The Morgan fingerprint density at radius 2 is 1.79 bits per heavy atom. The summed E-state index contributed by atoms with van der Waals surface area (Å²) >= 11 is 1.54. The van der Waals surface area contributed by atoms with E-state index >= 15 is 0 Å². The average Bonchev–Trinajstić information content (AvgIpc) is 3.03. The third kappa shape index (κ3) is 5.05. The highest BCUT2D eigenvalue weighted by atomic mass is 32.2. The Labute approximate surface area is 203 Å². The number of ether oxygens (including phenoxy) is 2. The van der Waals surface area contributed by atoms with Gasteiger partial charge in [-0.15, -0.1) is 10.2 Å². The van der Waals surface area contributed by atoms with Crippen molar-refractivity contribution in [1.82, 2.24) is 15.2 Å². The fourth-order valence-electron chi connectivity index (χ4n) is 3.56. The van der Waals surface area contributed by atoms with Crippen molar-refractivity contribution in [2.75, 3.05) is 12.4 Å². The van der Waals surface area contributed by atoms with Crippen molar-refractivity contribution in [2.45, 2.75) is 24.1 Å². The second-order valence-corrected chi connectivity index (χ2v) is 8.83. The lowest BCUT2D eigenvalue weighted by atomic mass is 10.1. The number of para-hydroxylation sites is 1. The van der Waals surface area contributed by atoms with Gasteiger partial charge in [-0.3, -0.25) is 0 Å². The summed E-state index contributed by atoms with van der Waals surface area (Å²) in [4.78, 5) is 4.71. The Balaban J connectivity index is 1.40. The molecule has 1 aliphatic rings. The number of benzene rings is 3. The fourth-order valence-corrected chi connectivity index (χ4v) is 4.30. The molecule has 4 aromatic rings.